The molecule has 2 fully saturated rings. The number of urea groups is 1. The average Bonchev–Trinajstić information content (AvgIpc) is 3.27. The highest BCUT2D eigenvalue weighted by Crippen LogP contribution is 2.46. The largest absolute Gasteiger partial charge is 0.399 e. The Morgan fingerprint density at radius 1 is 1.17 bits per heavy atom. The maximum atomic E-state index is 14.0. The lowest BCUT2D eigenvalue weighted by Crippen LogP contribution is -2.54. The number of nitrogens with one attached hydrogen (secondary N) is 1. The highest BCUT2D eigenvalue weighted by molar-refractivity contribution is 6.36. The molecule has 2 atom stereocenters. The van der Waals surface area contributed by atoms with Crippen molar-refractivity contribution < 1.29 is 14.4 Å². The van der Waals surface area contributed by atoms with Gasteiger partial charge in [-0.15, -0.1) is 5.10 Å². The van der Waals surface area contributed by atoms with Gasteiger partial charge in [-0.1, -0.05) is 40.6 Å². The Labute approximate surface area is 210 Å². The van der Waals surface area contributed by atoms with Crippen LogP contribution < -0.4 is 16.4 Å². The molecule has 2 aromatic carbocycles. The van der Waals surface area contributed by atoms with Crippen LogP contribution in [0.1, 0.15) is 17.9 Å². The fourth-order valence-electron chi connectivity index (χ4n) is 4.70. The molecule has 0 radical (unpaired) electrons. The Kier molecular flexibility index (Phi) is 6.39. The summed E-state index contributed by atoms with van der Waals surface area (Å²) in [7, 11) is 1.53. The number of nitrogens with two attached hydrogens (primary N) is 2. The number of benzene rings is 2. The van der Waals surface area contributed by atoms with E-state index in [4.69, 9.17) is 40.2 Å². The molecule has 0 bridgehead atoms. The third kappa shape index (κ3) is 4.17. The number of amides is 4. The molecule has 182 valence electrons. The summed E-state index contributed by atoms with van der Waals surface area (Å²) in [6.45, 7) is 0.0690. The van der Waals surface area contributed by atoms with Gasteiger partial charge in [0.1, 0.15) is 11.4 Å². The molecule has 2 aliphatic rings. The molecule has 2 saturated heterocycles. The van der Waals surface area contributed by atoms with Crippen LogP contribution in [-0.2, 0) is 9.59 Å². The predicted molar refractivity (Wildman–Crippen MR) is 131 cm³/mol. The first-order valence-corrected chi connectivity index (χ1v) is 11.2. The Hall–Kier alpha value is -3.70. The SMILES string of the molecule is CN1C(=O)N(c2cc(Cl)cc(Cl)c2)C(=O)[C@]12CN(C(=O)C/C(N)=N/N=N)C[C@H]2c1ccc(N)cc1. The van der Waals surface area contributed by atoms with E-state index in [0.29, 0.717) is 5.69 Å². The number of nitrogens with zero attached hydrogens (tertiary/aromatic N) is 5. The second kappa shape index (κ2) is 9.16. The topological polar surface area (TPSA) is 162 Å². The first-order valence-electron chi connectivity index (χ1n) is 10.5. The zero-order valence-electron chi connectivity index (χ0n) is 18.6. The number of halogens is 2. The smallest absolute Gasteiger partial charge is 0.332 e. The summed E-state index contributed by atoms with van der Waals surface area (Å²) in [4.78, 5) is 44.3. The van der Waals surface area contributed by atoms with Gasteiger partial charge in [0, 0.05) is 35.2 Å². The summed E-state index contributed by atoms with van der Waals surface area (Å²) >= 11 is 12.3. The molecule has 13 heteroatoms. The average molecular weight is 517 g/mol. The van der Waals surface area contributed by atoms with Crippen molar-refractivity contribution in [3.8, 4) is 0 Å². The third-order valence-electron chi connectivity index (χ3n) is 6.37. The maximum absolute atomic E-state index is 14.0. The number of anilines is 2. The third-order valence-corrected chi connectivity index (χ3v) is 6.81. The first-order chi connectivity index (χ1) is 16.6. The number of amidine groups is 1. The van der Waals surface area contributed by atoms with Crippen LogP contribution in [0.2, 0.25) is 10.0 Å². The Balaban J connectivity index is 1.79. The molecule has 35 heavy (non-hydrogen) atoms. The summed E-state index contributed by atoms with van der Waals surface area (Å²) in [5.74, 6) is -1.62. The summed E-state index contributed by atoms with van der Waals surface area (Å²) in [5, 5.41) is 6.76. The van der Waals surface area contributed by atoms with E-state index >= 15 is 0 Å². The Bertz CT molecular complexity index is 1230. The Morgan fingerprint density at radius 3 is 2.40 bits per heavy atom. The fraction of sp³-hybridized carbons (Fsp3) is 0.273. The van der Waals surface area contributed by atoms with E-state index < -0.39 is 29.3 Å². The van der Waals surface area contributed by atoms with Gasteiger partial charge in [-0.3, -0.25) is 9.59 Å². The molecule has 4 rings (SSSR count). The normalized spacial score (nSPS) is 22.4. The number of carbonyl (C=O) groups excluding carboxylic acids is 3. The molecule has 1 spiro atoms. The minimum Gasteiger partial charge on any atom is -0.399 e. The molecule has 0 saturated carbocycles. The molecule has 11 nitrogen and oxygen atoms in total. The molecule has 0 aliphatic carbocycles. The van der Waals surface area contributed by atoms with Gasteiger partial charge in [0.05, 0.1) is 18.7 Å². The molecule has 5 N–H and O–H groups in total. The van der Waals surface area contributed by atoms with Crippen molar-refractivity contribution in [1.82, 2.24) is 9.80 Å². The van der Waals surface area contributed by atoms with Crippen LogP contribution in [0, 0.1) is 5.53 Å². The van der Waals surface area contributed by atoms with Crippen molar-refractivity contribution in [1.29, 1.82) is 5.53 Å². The number of likely N-dealkylation sites (N-methyl/N-ethyl adjacent to an activating group) is 1. The zero-order chi connectivity index (χ0) is 25.5. The van der Waals surface area contributed by atoms with Crippen molar-refractivity contribution in [2.45, 2.75) is 17.9 Å². The lowest BCUT2D eigenvalue weighted by Gasteiger charge is -2.33. The lowest BCUT2D eigenvalue weighted by molar-refractivity contribution is -0.130. The van der Waals surface area contributed by atoms with Crippen LogP contribution in [0.15, 0.2) is 52.8 Å². The molecule has 2 heterocycles. The zero-order valence-corrected chi connectivity index (χ0v) is 20.1. The second-order valence-corrected chi connectivity index (χ2v) is 9.27. The quantitative estimate of drug-likeness (QED) is 0.139. The van der Waals surface area contributed by atoms with Gasteiger partial charge in [-0.05, 0) is 35.9 Å². The van der Waals surface area contributed by atoms with Crippen LogP contribution in [0.5, 0.6) is 0 Å². The summed E-state index contributed by atoms with van der Waals surface area (Å²) in [6, 6.07) is 10.8. The number of nitrogen functional groups attached to an aromatic ring is 1. The monoisotopic (exact) mass is 516 g/mol. The van der Waals surface area contributed by atoms with Crippen LogP contribution in [0.25, 0.3) is 0 Å². The van der Waals surface area contributed by atoms with Crippen LogP contribution >= 0.6 is 23.2 Å². The van der Waals surface area contributed by atoms with Gasteiger partial charge in [0.25, 0.3) is 5.91 Å². The van der Waals surface area contributed by atoms with Crippen molar-refractivity contribution in [3.63, 3.8) is 0 Å². The fourth-order valence-corrected chi connectivity index (χ4v) is 5.21. The highest BCUT2D eigenvalue weighted by atomic mass is 35.5. The molecular weight excluding hydrogens is 495 g/mol. The van der Waals surface area contributed by atoms with Crippen LogP contribution in [0.3, 0.4) is 0 Å². The minimum absolute atomic E-state index is 0.0714. The summed E-state index contributed by atoms with van der Waals surface area (Å²) in [5.41, 5.74) is 18.4. The van der Waals surface area contributed by atoms with Crippen molar-refractivity contribution in [2.24, 2.45) is 16.1 Å². The van der Waals surface area contributed by atoms with E-state index in [9.17, 15) is 14.4 Å². The number of carbonyl (C=O) groups is 3. The van der Waals surface area contributed by atoms with E-state index in [-0.39, 0.29) is 41.1 Å². The van der Waals surface area contributed by atoms with E-state index in [2.05, 4.69) is 10.3 Å². The Morgan fingerprint density at radius 2 is 1.80 bits per heavy atom. The van der Waals surface area contributed by atoms with Gasteiger partial charge in [0.2, 0.25) is 5.91 Å². The second-order valence-electron chi connectivity index (χ2n) is 8.40. The number of likely N-dealkylation sites (tertiary alicyclic amines) is 1. The highest BCUT2D eigenvalue weighted by Gasteiger charge is 2.65. The molecule has 0 aromatic heterocycles. The number of rotatable bonds is 5. The number of hydrogen-bond acceptors (Lipinski definition) is 6. The van der Waals surface area contributed by atoms with Crippen molar-refractivity contribution in [3.05, 3.63) is 58.1 Å². The van der Waals surface area contributed by atoms with Crippen LogP contribution in [-0.4, -0.2) is 59.2 Å². The van der Waals surface area contributed by atoms with Gasteiger partial charge in [-0.2, -0.15) is 5.53 Å². The number of imide groups is 1. The van der Waals surface area contributed by atoms with E-state index in [1.807, 2.05) is 0 Å². The first kappa shape index (κ1) is 24.4. The molecular formula is C22H22Cl2N8O3. The van der Waals surface area contributed by atoms with Crippen molar-refractivity contribution in [2.75, 3.05) is 30.8 Å². The van der Waals surface area contributed by atoms with Gasteiger partial charge in [-0.25, -0.2) is 9.69 Å². The molecule has 4 amide bonds. The van der Waals surface area contributed by atoms with Gasteiger partial charge >= 0.3 is 6.03 Å². The van der Waals surface area contributed by atoms with E-state index in [0.717, 1.165) is 10.5 Å². The summed E-state index contributed by atoms with van der Waals surface area (Å²) < 4.78 is 0. The number of hydrogen-bond donors (Lipinski definition) is 3. The summed E-state index contributed by atoms with van der Waals surface area (Å²) in [6.07, 6.45) is -0.285. The van der Waals surface area contributed by atoms with Crippen molar-refractivity contribution >= 4 is 58.3 Å². The maximum Gasteiger partial charge on any atom is 0.332 e. The molecule has 2 aliphatic heterocycles. The lowest BCUT2D eigenvalue weighted by atomic mass is 9.80. The minimum atomic E-state index is -1.40. The predicted octanol–water partition coefficient (Wildman–Crippen LogP) is 3.03. The van der Waals surface area contributed by atoms with Gasteiger partial charge in [0.15, 0.2) is 0 Å². The van der Waals surface area contributed by atoms with E-state index in [1.54, 1.807) is 24.3 Å². The standard InChI is InChI=1S/C22H22Cl2N8O3/c1-30-21(35)32(16-7-13(23)6-14(24)8-16)20(34)22(30)11-31(19(33)9-18(26)28-29-27)10-17(22)12-2-4-15(25)5-3-12/h2-8,17H,9-11,25H2,1H3,(H3,26,27,28)/t17-,22+/m0/s1. The van der Waals surface area contributed by atoms with Gasteiger partial charge < -0.3 is 21.3 Å². The molecule has 2 aromatic rings. The van der Waals surface area contributed by atoms with Crippen LogP contribution in [0.4, 0.5) is 16.2 Å². The van der Waals surface area contributed by atoms with E-state index in [1.165, 1.54) is 35.0 Å². The molecule has 0 unspecified atom stereocenters.